The lowest BCUT2D eigenvalue weighted by atomic mass is 10.2. The van der Waals surface area contributed by atoms with Crippen LogP contribution in [0.25, 0.3) is 0 Å². The number of aromatic nitrogens is 1. The molecule has 0 radical (unpaired) electrons. The minimum atomic E-state index is -4.37. The fourth-order valence-electron chi connectivity index (χ4n) is 1.62. The van der Waals surface area contributed by atoms with Gasteiger partial charge in [-0.05, 0) is 30.3 Å². The highest BCUT2D eigenvalue weighted by Crippen LogP contribution is 2.31. The van der Waals surface area contributed by atoms with Crippen molar-refractivity contribution in [3.63, 3.8) is 0 Å². The number of nitrogens with zero attached hydrogens (tertiary/aromatic N) is 1. The molecule has 0 aliphatic heterocycles. The summed E-state index contributed by atoms with van der Waals surface area (Å²) in [5.74, 6) is 0.839. The van der Waals surface area contributed by atoms with E-state index in [2.05, 4.69) is 10.3 Å². The molecule has 0 amide bonds. The molecule has 6 heteroatoms. The molecular weight excluding hydrogens is 269 g/mol. The molecule has 0 unspecified atom stereocenters. The van der Waals surface area contributed by atoms with Gasteiger partial charge >= 0.3 is 6.18 Å². The number of rotatable bonds is 4. The average molecular weight is 282 g/mol. The number of hydrogen-bond donors (Lipinski definition) is 1. The van der Waals surface area contributed by atoms with Gasteiger partial charge in [-0.1, -0.05) is 12.1 Å². The molecule has 0 atom stereocenters. The van der Waals surface area contributed by atoms with E-state index in [1.165, 1.54) is 12.1 Å². The molecule has 1 heterocycles. The van der Waals surface area contributed by atoms with E-state index < -0.39 is 11.7 Å². The Hall–Kier alpha value is -2.24. The Kier molecular flexibility index (Phi) is 4.12. The van der Waals surface area contributed by atoms with Gasteiger partial charge in [-0.2, -0.15) is 13.2 Å². The van der Waals surface area contributed by atoms with Gasteiger partial charge in [0.1, 0.15) is 18.2 Å². The van der Waals surface area contributed by atoms with Crippen LogP contribution in [0.15, 0.2) is 42.5 Å². The lowest BCUT2D eigenvalue weighted by Crippen LogP contribution is -2.05. The topological polar surface area (TPSA) is 34.1 Å². The standard InChI is InChI=1S/C14H13F3N2O/c1-18-13-7-3-5-11(19-13)9-20-12-6-2-4-10(8-12)14(15,16)17/h2-8H,9H2,1H3,(H,18,19). The Morgan fingerprint density at radius 1 is 1.15 bits per heavy atom. The first-order chi connectivity index (χ1) is 9.49. The molecule has 0 aliphatic rings. The predicted octanol–water partition coefficient (Wildman–Crippen LogP) is 3.72. The van der Waals surface area contributed by atoms with Crippen LogP contribution in [0.3, 0.4) is 0 Å². The van der Waals surface area contributed by atoms with Crippen LogP contribution in [0.2, 0.25) is 0 Å². The van der Waals surface area contributed by atoms with E-state index in [1.54, 1.807) is 25.2 Å². The first-order valence-corrected chi connectivity index (χ1v) is 5.93. The summed E-state index contributed by atoms with van der Waals surface area (Å²) in [5, 5.41) is 2.88. The van der Waals surface area contributed by atoms with Crippen molar-refractivity contribution in [3.8, 4) is 5.75 Å². The molecule has 1 aromatic carbocycles. The zero-order chi connectivity index (χ0) is 14.6. The van der Waals surface area contributed by atoms with Crippen LogP contribution in [0.4, 0.5) is 19.0 Å². The van der Waals surface area contributed by atoms with Gasteiger partial charge in [0.2, 0.25) is 0 Å². The molecule has 3 nitrogen and oxygen atoms in total. The van der Waals surface area contributed by atoms with Crippen LogP contribution < -0.4 is 10.1 Å². The Bertz CT molecular complexity index is 585. The van der Waals surface area contributed by atoms with Crippen molar-refractivity contribution in [1.29, 1.82) is 0 Å². The lowest BCUT2D eigenvalue weighted by molar-refractivity contribution is -0.137. The first-order valence-electron chi connectivity index (χ1n) is 5.93. The molecule has 0 saturated carbocycles. The van der Waals surface area contributed by atoms with Gasteiger partial charge in [-0.3, -0.25) is 0 Å². The number of pyridine rings is 1. The summed E-state index contributed by atoms with van der Waals surface area (Å²) in [6.07, 6.45) is -4.37. The molecule has 20 heavy (non-hydrogen) atoms. The van der Waals surface area contributed by atoms with Gasteiger partial charge in [-0.25, -0.2) is 4.98 Å². The Morgan fingerprint density at radius 2 is 1.90 bits per heavy atom. The van der Waals surface area contributed by atoms with Crippen molar-refractivity contribution in [2.45, 2.75) is 12.8 Å². The summed E-state index contributed by atoms with van der Waals surface area (Å²) in [6, 6.07) is 10.1. The maximum absolute atomic E-state index is 12.6. The Labute approximate surface area is 114 Å². The molecule has 0 spiro atoms. The quantitative estimate of drug-likeness (QED) is 0.928. The summed E-state index contributed by atoms with van der Waals surface area (Å²) < 4.78 is 43.0. The second-order valence-electron chi connectivity index (χ2n) is 4.08. The zero-order valence-electron chi connectivity index (χ0n) is 10.7. The minimum absolute atomic E-state index is 0.108. The highest BCUT2D eigenvalue weighted by Gasteiger charge is 2.30. The molecule has 1 aromatic heterocycles. The lowest BCUT2D eigenvalue weighted by Gasteiger charge is -2.10. The van der Waals surface area contributed by atoms with Crippen molar-refractivity contribution in [1.82, 2.24) is 4.98 Å². The number of nitrogens with one attached hydrogen (secondary N) is 1. The minimum Gasteiger partial charge on any atom is -0.487 e. The van der Waals surface area contributed by atoms with E-state index in [1.807, 2.05) is 0 Å². The average Bonchev–Trinajstić information content (AvgIpc) is 2.45. The fourth-order valence-corrected chi connectivity index (χ4v) is 1.62. The summed E-state index contributed by atoms with van der Waals surface area (Å²) in [5.41, 5.74) is -0.0961. The Morgan fingerprint density at radius 3 is 2.60 bits per heavy atom. The molecule has 0 saturated heterocycles. The first kappa shape index (κ1) is 14.2. The second-order valence-corrected chi connectivity index (χ2v) is 4.08. The largest absolute Gasteiger partial charge is 0.487 e. The number of alkyl halides is 3. The number of ether oxygens (including phenoxy) is 1. The third-order valence-electron chi connectivity index (χ3n) is 2.61. The molecular formula is C14H13F3N2O. The van der Waals surface area contributed by atoms with Gasteiger partial charge in [-0.15, -0.1) is 0 Å². The van der Waals surface area contributed by atoms with Crippen molar-refractivity contribution >= 4 is 5.82 Å². The number of halogens is 3. The Balaban J connectivity index is 2.07. The van der Waals surface area contributed by atoms with E-state index in [4.69, 9.17) is 4.74 Å². The van der Waals surface area contributed by atoms with Crippen LogP contribution in [0.5, 0.6) is 5.75 Å². The molecule has 0 aliphatic carbocycles. The van der Waals surface area contributed by atoms with Crippen LogP contribution in [0.1, 0.15) is 11.3 Å². The third-order valence-corrected chi connectivity index (χ3v) is 2.61. The summed E-state index contributed by atoms with van der Waals surface area (Å²) >= 11 is 0. The zero-order valence-corrected chi connectivity index (χ0v) is 10.7. The highest BCUT2D eigenvalue weighted by atomic mass is 19.4. The van der Waals surface area contributed by atoms with Crippen LogP contribution >= 0.6 is 0 Å². The normalized spacial score (nSPS) is 11.2. The maximum atomic E-state index is 12.6. The van der Waals surface area contributed by atoms with Gasteiger partial charge in [0.25, 0.3) is 0 Å². The van der Waals surface area contributed by atoms with Gasteiger partial charge in [0.15, 0.2) is 0 Å². The third kappa shape index (κ3) is 3.63. The molecule has 106 valence electrons. The van der Waals surface area contributed by atoms with Gasteiger partial charge < -0.3 is 10.1 Å². The molecule has 0 bridgehead atoms. The van der Waals surface area contributed by atoms with E-state index in [0.717, 1.165) is 12.1 Å². The summed E-state index contributed by atoms with van der Waals surface area (Å²) in [6.45, 7) is 0.108. The van der Waals surface area contributed by atoms with Crippen molar-refractivity contribution in [2.24, 2.45) is 0 Å². The number of benzene rings is 1. The van der Waals surface area contributed by atoms with Crippen LogP contribution in [-0.4, -0.2) is 12.0 Å². The van der Waals surface area contributed by atoms with E-state index in [-0.39, 0.29) is 12.4 Å². The van der Waals surface area contributed by atoms with Crippen LogP contribution in [-0.2, 0) is 12.8 Å². The van der Waals surface area contributed by atoms with Crippen LogP contribution in [0, 0.1) is 0 Å². The van der Waals surface area contributed by atoms with E-state index in [0.29, 0.717) is 11.5 Å². The molecule has 2 rings (SSSR count). The predicted molar refractivity (Wildman–Crippen MR) is 69.6 cm³/mol. The van der Waals surface area contributed by atoms with Crippen molar-refractivity contribution < 1.29 is 17.9 Å². The smallest absolute Gasteiger partial charge is 0.416 e. The second kappa shape index (κ2) is 5.81. The number of hydrogen-bond acceptors (Lipinski definition) is 3. The van der Waals surface area contributed by atoms with Gasteiger partial charge in [0.05, 0.1) is 11.3 Å². The number of anilines is 1. The monoisotopic (exact) mass is 282 g/mol. The summed E-state index contributed by atoms with van der Waals surface area (Å²) in [7, 11) is 1.74. The van der Waals surface area contributed by atoms with E-state index in [9.17, 15) is 13.2 Å². The highest BCUT2D eigenvalue weighted by molar-refractivity contribution is 5.34. The van der Waals surface area contributed by atoms with Crippen molar-refractivity contribution in [3.05, 3.63) is 53.7 Å². The molecule has 0 fully saturated rings. The molecule has 1 N–H and O–H groups in total. The maximum Gasteiger partial charge on any atom is 0.416 e. The van der Waals surface area contributed by atoms with E-state index >= 15 is 0 Å². The van der Waals surface area contributed by atoms with Crippen molar-refractivity contribution in [2.75, 3.05) is 12.4 Å². The summed E-state index contributed by atoms with van der Waals surface area (Å²) in [4.78, 5) is 4.22. The fraction of sp³-hybridized carbons (Fsp3) is 0.214. The molecule has 2 aromatic rings. The van der Waals surface area contributed by atoms with Gasteiger partial charge in [0, 0.05) is 7.05 Å². The SMILES string of the molecule is CNc1cccc(COc2cccc(C(F)(F)F)c2)n1.